The van der Waals surface area contributed by atoms with Crippen LogP contribution in [-0.2, 0) is 4.79 Å². The van der Waals surface area contributed by atoms with Crippen molar-refractivity contribution in [2.24, 2.45) is 10.2 Å². The van der Waals surface area contributed by atoms with Gasteiger partial charge in [0.15, 0.2) is 5.11 Å². The Morgan fingerprint density at radius 2 is 1.38 bits per heavy atom. The molecule has 6 nitrogen and oxygen atoms in total. The van der Waals surface area contributed by atoms with Gasteiger partial charge in [-0.1, -0.05) is 83.3 Å². The van der Waals surface area contributed by atoms with Crippen molar-refractivity contribution >= 4 is 81.2 Å². The van der Waals surface area contributed by atoms with Crippen LogP contribution in [0.2, 0.25) is 0 Å². The van der Waals surface area contributed by atoms with E-state index in [0.717, 1.165) is 11.3 Å². The van der Waals surface area contributed by atoms with E-state index in [1.54, 1.807) is 30.3 Å². The van der Waals surface area contributed by atoms with Crippen molar-refractivity contribution in [3.05, 3.63) is 96.6 Å². The maximum Gasteiger partial charge on any atom is 0.245 e. The van der Waals surface area contributed by atoms with E-state index in [4.69, 9.17) is 47.0 Å². The Morgan fingerprint density at radius 3 is 1.97 bits per heavy atom. The van der Waals surface area contributed by atoms with Crippen molar-refractivity contribution in [3.8, 4) is 0 Å². The summed E-state index contributed by atoms with van der Waals surface area (Å²) in [5, 5.41) is 16.9. The van der Waals surface area contributed by atoms with Crippen LogP contribution in [0.3, 0.4) is 0 Å². The third-order valence-electron chi connectivity index (χ3n) is 4.28. The van der Waals surface area contributed by atoms with Gasteiger partial charge in [-0.15, -0.1) is 0 Å². The third kappa shape index (κ3) is 8.76. The van der Waals surface area contributed by atoms with Crippen molar-refractivity contribution in [2.75, 3.05) is 5.32 Å². The monoisotopic (exact) mass is 531 g/mol. The molecule has 3 aromatic carbocycles. The lowest BCUT2D eigenvalue weighted by molar-refractivity contribution is -0.117. The fraction of sp³-hybridized carbons (Fsp3) is 0.0833. The second kappa shape index (κ2) is 12.5. The fourth-order valence-electron chi connectivity index (χ4n) is 2.65. The number of halogens is 3. The molecule has 34 heavy (non-hydrogen) atoms. The molecule has 0 saturated carbocycles. The highest BCUT2D eigenvalue weighted by atomic mass is 35.6. The summed E-state index contributed by atoms with van der Waals surface area (Å²) >= 11 is 23.4. The number of carbonyl (C=O) groups is 1. The lowest BCUT2D eigenvalue weighted by Crippen LogP contribution is -2.55. The molecule has 0 bridgehead atoms. The average Bonchev–Trinajstić information content (AvgIpc) is 2.82. The molecular formula is C24H20Cl3N5OS. The SMILES string of the molecule is O=C(C=Cc1ccccc1)NC(NC(=S)Nc1ccc(N=Nc2ccccc2)cc1)C(Cl)(Cl)Cl. The van der Waals surface area contributed by atoms with Crippen molar-refractivity contribution < 1.29 is 4.79 Å². The summed E-state index contributed by atoms with van der Waals surface area (Å²) in [6.45, 7) is 0. The number of hydrogen-bond acceptors (Lipinski definition) is 4. The van der Waals surface area contributed by atoms with Crippen LogP contribution in [0.4, 0.5) is 17.1 Å². The third-order valence-corrected chi connectivity index (χ3v) is 5.15. The Balaban J connectivity index is 1.56. The van der Waals surface area contributed by atoms with E-state index in [0.29, 0.717) is 11.4 Å². The molecule has 0 aliphatic carbocycles. The normalized spacial score (nSPS) is 12.4. The summed E-state index contributed by atoms with van der Waals surface area (Å²) in [5.41, 5.74) is 2.97. The molecule has 1 amide bonds. The van der Waals surface area contributed by atoms with Gasteiger partial charge in [0.05, 0.1) is 11.4 Å². The molecule has 0 fully saturated rings. The van der Waals surface area contributed by atoms with Gasteiger partial charge >= 0.3 is 0 Å². The minimum absolute atomic E-state index is 0.155. The predicted octanol–water partition coefficient (Wildman–Crippen LogP) is 6.91. The van der Waals surface area contributed by atoms with E-state index in [2.05, 4.69) is 26.2 Å². The number of nitrogens with zero attached hydrogens (tertiary/aromatic N) is 2. The summed E-state index contributed by atoms with van der Waals surface area (Å²) in [5.74, 6) is -0.455. The highest BCUT2D eigenvalue weighted by Crippen LogP contribution is 2.29. The first-order valence-electron chi connectivity index (χ1n) is 10.0. The van der Waals surface area contributed by atoms with E-state index in [1.165, 1.54) is 6.08 Å². The molecule has 174 valence electrons. The molecule has 3 N–H and O–H groups in total. The quantitative estimate of drug-likeness (QED) is 0.102. The number of nitrogens with one attached hydrogen (secondary N) is 3. The molecule has 0 radical (unpaired) electrons. The molecule has 0 aliphatic rings. The van der Waals surface area contributed by atoms with Crippen LogP contribution in [0, 0.1) is 0 Å². The predicted molar refractivity (Wildman–Crippen MR) is 144 cm³/mol. The number of azo groups is 1. The molecule has 0 aromatic heterocycles. The van der Waals surface area contributed by atoms with Crippen molar-refractivity contribution in [1.82, 2.24) is 10.6 Å². The molecule has 10 heteroatoms. The first kappa shape index (κ1) is 25.6. The minimum Gasteiger partial charge on any atom is -0.339 e. The standard InChI is InChI=1S/C24H20Cl3N5OS/c25-24(26,27)22(29-21(33)16-11-17-7-3-1-4-8-17)30-23(34)28-18-12-14-20(15-13-18)32-31-19-9-5-2-6-10-19/h1-16,22H,(H,29,33)(H2,28,30,34). The molecule has 1 atom stereocenters. The zero-order valence-electron chi connectivity index (χ0n) is 17.7. The summed E-state index contributed by atoms with van der Waals surface area (Å²) in [7, 11) is 0. The number of hydrogen-bond donors (Lipinski definition) is 3. The smallest absolute Gasteiger partial charge is 0.245 e. The fourth-order valence-corrected chi connectivity index (χ4v) is 3.21. The van der Waals surface area contributed by atoms with Crippen LogP contribution in [0.15, 0.2) is 101 Å². The Kier molecular flexibility index (Phi) is 9.42. The highest BCUT2D eigenvalue weighted by molar-refractivity contribution is 7.80. The van der Waals surface area contributed by atoms with E-state index < -0.39 is 15.9 Å². The summed E-state index contributed by atoms with van der Waals surface area (Å²) in [6.07, 6.45) is 1.92. The number of rotatable bonds is 7. The first-order chi connectivity index (χ1) is 16.3. The van der Waals surface area contributed by atoms with Crippen LogP contribution in [0.1, 0.15) is 5.56 Å². The largest absolute Gasteiger partial charge is 0.339 e. The van der Waals surface area contributed by atoms with Gasteiger partial charge in [0.1, 0.15) is 6.17 Å². The Labute approximate surface area is 218 Å². The molecular weight excluding hydrogens is 513 g/mol. The number of benzene rings is 3. The maximum absolute atomic E-state index is 12.3. The zero-order valence-corrected chi connectivity index (χ0v) is 20.7. The Bertz CT molecular complexity index is 1150. The van der Waals surface area contributed by atoms with E-state index in [-0.39, 0.29) is 5.11 Å². The van der Waals surface area contributed by atoms with E-state index >= 15 is 0 Å². The topological polar surface area (TPSA) is 77.9 Å². The zero-order chi connectivity index (χ0) is 24.4. The lowest BCUT2D eigenvalue weighted by atomic mass is 10.2. The van der Waals surface area contributed by atoms with Gasteiger partial charge in [0.25, 0.3) is 0 Å². The Morgan fingerprint density at radius 1 is 0.824 bits per heavy atom. The number of amides is 1. The van der Waals surface area contributed by atoms with Crippen LogP contribution in [0.5, 0.6) is 0 Å². The van der Waals surface area contributed by atoms with Gasteiger partial charge in [-0.3, -0.25) is 4.79 Å². The highest BCUT2D eigenvalue weighted by Gasteiger charge is 2.34. The van der Waals surface area contributed by atoms with Gasteiger partial charge in [-0.05, 0) is 60.3 Å². The van der Waals surface area contributed by atoms with Gasteiger partial charge in [-0.2, -0.15) is 10.2 Å². The van der Waals surface area contributed by atoms with Crippen LogP contribution >= 0.6 is 47.0 Å². The molecule has 1 unspecified atom stereocenters. The molecule has 3 rings (SSSR count). The second-order valence-electron chi connectivity index (χ2n) is 6.91. The lowest BCUT2D eigenvalue weighted by Gasteiger charge is -2.27. The van der Waals surface area contributed by atoms with Gasteiger partial charge < -0.3 is 16.0 Å². The molecule has 0 saturated heterocycles. The average molecular weight is 533 g/mol. The molecule has 0 heterocycles. The van der Waals surface area contributed by atoms with Crippen LogP contribution in [0.25, 0.3) is 6.08 Å². The molecule has 0 spiro atoms. The second-order valence-corrected chi connectivity index (χ2v) is 9.69. The van der Waals surface area contributed by atoms with Crippen molar-refractivity contribution in [1.29, 1.82) is 0 Å². The van der Waals surface area contributed by atoms with Crippen molar-refractivity contribution in [2.45, 2.75) is 9.96 Å². The summed E-state index contributed by atoms with van der Waals surface area (Å²) in [4.78, 5) is 12.3. The van der Waals surface area contributed by atoms with Gasteiger partial charge in [0, 0.05) is 11.8 Å². The molecule has 0 aliphatic heterocycles. The number of carbonyl (C=O) groups excluding carboxylic acids is 1. The molecule has 3 aromatic rings. The van der Waals surface area contributed by atoms with Crippen LogP contribution in [-0.4, -0.2) is 21.0 Å². The minimum atomic E-state index is -1.86. The first-order valence-corrected chi connectivity index (χ1v) is 11.6. The number of anilines is 1. The number of thiocarbonyl (C=S) groups is 1. The Hall–Kier alpha value is -2.97. The number of alkyl halides is 3. The van der Waals surface area contributed by atoms with E-state index in [1.807, 2.05) is 60.7 Å². The van der Waals surface area contributed by atoms with Crippen LogP contribution < -0.4 is 16.0 Å². The van der Waals surface area contributed by atoms with Gasteiger partial charge in [-0.25, -0.2) is 0 Å². The van der Waals surface area contributed by atoms with E-state index in [9.17, 15) is 4.79 Å². The van der Waals surface area contributed by atoms with Gasteiger partial charge in [0.2, 0.25) is 9.70 Å². The maximum atomic E-state index is 12.3. The summed E-state index contributed by atoms with van der Waals surface area (Å²) in [6, 6.07) is 25.9. The summed E-state index contributed by atoms with van der Waals surface area (Å²) < 4.78 is -1.86. The van der Waals surface area contributed by atoms with Crippen molar-refractivity contribution in [3.63, 3.8) is 0 Å².